The first-order chi connectivity index (χ1) is 25.3. The molecule has 1 aromatic heterocycles. The van der Waals surface area contributed by atoms with E-state index < -0.39 is 5.41 Å². The third kappa shape index (κ3) is 4.57. The third-order valence-corrected chi connectivity index (χ3v) is 10.5. The van der Waals surface area contributed by atoms with E-state index in [1.54, 1.807) is 0 Å². The zero-order valence-corrected chi connectivity index (χ0v) is 27.9. The Bertz CT molecular complexity index is 2620. The topological polar surface area (TPSA) is 16.4 Å². The van der Waals surface area contributed by atoms with Gasteiger partial charge in [-0.2, -0.15) is 0 Å². The molecule has 8 aromatic carbocycles. The van der Waals surface area contributed by atoms with Crippen molar-refractivity contribution in [3.8, 4) is 22.3 Å². The SMILES string of the molecule is c1ccc(-c2ccc(N(c3ccccc3)c3ccc4oc5cc6c(cc5c4c3)-c3ccccc3C6(c3ccccc3)c3ccccc3)cc2)cc1. The van der Waals surface area contributed by atoms with E-state index in [0.29, 0.717) is 0 Å². The van der Waals surface area contributed by atoms with Crippen LogP contribution in [0.4, 0.5) is 17.1 Å². The average molecular weight is 652 g/mol. The number of nitrogens with zero attached hydrogens (tertiary/aromatic N) is 1. The molecule has 0 saturated heterocycles. The van der Waals surface area contributed by atoms with E-state index in [1.807, 2.05) is 0 Å². The lowest BCUT2D eigenvalue weighted by Crippen LogP contribution is -2.28. The predicted molar refractivity (Wildman–Crippen MR) is 211 cm³/mol. The molecule has 1 heterocycles. The van der Waals surface area contributed by atoms with Crippen LogP contribution in [0.1, 0.15) is 22.3 Å². The summed E-state index contributed by atoms with van der Waals surface area (Å²) < 4.78 is 6.73. The van der Waals surface area contributed by atoms with Gasteiger partial charge >= 0.3 is 0 Å². The quantitative estimate of drug-likeness (QED) is 0.178. The maximum Gasteiger partial charge on any atom is 0.135 e. The van der Waals surface area contributed by atoms with Gasteiger partial charge in [-0.1, -0.05) is 146 Å². The number of fused-ring (bicyclic) bond motifs is 6. The highest BCUT2D eigenvalue weighted by Crippen LogP contribution is 2.57. The monoisotopic (exact) mass is 651 g/mol. The van der Waals surface area contributed by atoms with Gasteiger partial charge in [0, 0.05) is 27.8 Å². The van der Waals surface area contributed by atoms with Crippen LogP contribution in [-0.4, -0.2) is 0 Å². The second-order valence-corrected chi connectivity index (χ2v) is 13.3. The lowest BCUT2D eigenvalue weighted by Gasteiger charge is -2.33. The summed E-state index contributed by atoms with van der Waals surface area (Å²) in [5.41, 5.74) is 14.5. The molecule has 2 heteroatoms. The van der Waals surface area contributed by atoms with Gasteiger partial charge in [0.15, 0.2) is 0 Å². The third-order valence-electron chi connectivity index (χ3n) is 10.5. The van der Waals surface area contributed by atoms with Crippen molar-refractivity contribution in [3.63, 3.8) is 0 Å². The molecule has 51 heavy (non-hydrogen) atoms. The summed E-state index contributed by atoms with van der Waals surface area (Å²) in [6.45, 7) is 0. The van der Waals surface area contributed by atoms with Crippen molar-refractivity contribution in [2.24, 2.45) is 0 Å². The Labute approximate surface area is 297 Å². The second-order valence-electron chi connectivity index (χ2n) is 13.3. The van der Waals surface area contributed by atoms with Crippen LogP contribution in [0.25, 0.3) is 44.2 Å². The second kappa shape index (κ2) is 11.8. The van der Waals surface area contributed by atoms with Gasteiger partial charge in [0.1, 0.15) is 11.2 Å². The van der Waals surface area contributed by atoms with Crippen LogP contribution in [0, 0.1) is 0 Å². The van der Waals surface area contributed by atoms with Gasteiger partial charge in [0.25, 0.3) is 0 Å². The van der Waals surface area contributed by atoms with E-state index in [2.05, 4.69) is 205 Å². The van der Waals surface area contributed by atoms with Crippen molar-refractivity contribution in [2.45, 2.75) is 5.41 Å². The molecule has 0 saturated carbocycles. The van der Waals surface area contributed by atoms with Gasteiger partial charge in [-0.25, -0.2) is 0 Å². The highest BCUT2D eigenvalue weighted by molar-refractivity contribution is 6.09. The lowest BCUT2D eigenvalue weighted by molar-refractivity contribution is 0.666. The Morgan fingerprint density at radius 2 is 0.882 bits per heavy atom. The number of benzene rings is 8. The minimum Gasteiger partial charge on any atom is -0.456 e. The van der Waals surface area contributed by atoms with Gasteiger partial charge in [-0.3, -0.25) is 0 Å². The molecular formula is C49H33NO. The smallest absolute Gasteiger partial charge is 0.135 e. The zero-order valence-electron chi connectivity index (χ0n) is 27.9. The Hall–Kier alpha value is -6.64. The standard InChI is InChI=1S/C49H33NO/c1-5-15-34(16-6-1)35-25-27-39(28-26-35)50(38-21-11-4-12-22-38)40-29-30-47-43(31-40)44-32-42-41-23-13-14-24-45(41)49(36-17-7-2-8-18-36,37-19-9-3-10-20-37)46(42)33-48(44)51-47/h1-33H. The summed E-state index contributed by atoms with van der Waals surface area (Å²) >= 11 is 0. The molecule has 240 valence electrons. The zero-order chi connectivity index (χ0) is 33.8. The molecule has 0 amide bonds. The van der Waals surface area contributed by atoms with Crippen molar-refractivity contribution in [1.29, 1.82) is 0 Å². The van der Waals surface area contributed by atoms with Crippen molar-refractivity contribution in [2.75, 3.05) is 4.90 Å². The summed E-state index contributed by atoms with van der Waals surface area (Å²) in [6.07, 6.45) is 0. The molecule has 9 aromatic rings. The Balaban J connectivity index is 1.17. The van der Waals surface area contributed by atoms with Crippen LogP contribution in [0.15, 0.2) is 205 Å². The van der Waals surface area contributed by atoms with Crippen molar-refractivity contribution in [3.05, 3.63) is 222 Å². The molecule has 0 radical (unpaired) electrons. The summed E-state index contributed by atoms with van der Waals surface area (Å²) in [5.74, 6) is 0. The van der Waals surface area contributed by atoms with E-state index in [1.165, 1.54) is 44.5 Å². The first-order valence-electron chi connectivity index (χ1n) is 17.5. The van der Waals surface area contributed by atoms with Crippen molar-refractivity contribution >= 4 is 39.0 Å². The highest BCUT2D eigenvalue weighted by Gasteiger charge is 2.46. The fourth-order valence-electron chi connectivity index (χ4n) is 8.30. The van der Waals surface area contributed by atoms with Crippen LogP contribution < -0.4 is 4.90 Å². The molecule has 10 rings (SSSR count). The number of para-hydroxylation sites is 1. The van der Waals surface area contributed by atoms with Gasteiger partial charge < -0.3 is 9.32 Å². The normalized spacial score (nSPS) is 12.9. The molecule has 0 aliphatic heterocycles. The van der Waals surface area contributed by atoms with Gasteiger partial charge in [-0.15, -0.1) is 0 Å². The van der Waals surface area contributed by atoms with E-state index in [-0.39, 0.29) is 0 Å². The van der Waals surface area contributed by atoms with E-state index >= 15 is 0 Å². The number of hydrogen-bond donors (Lipinski definition) is 0. The van der Waals surface area contributed by atoms with Crippen LogP contribution in [-0.2, 0) is 5.41 Å². The molecule has 0 bridgehead atoms. The first-order valence-corrected chi connectivity index (χ1v) is 17.5. The minimum atomic E-state index is -0.469. The molecule has 1 aliphatic carbocycles. The Morgan fingerprint density at radius 3 is 1.57 bits per heavy atom. The average Bonchev–Trinajstić information content (AvgIpc) is 3.71. The van der Waals surface area contributed by atoms with Crippen LogP contribution in [0.2, 0.25) is 0 Å². The molecule has 0 fully saturated rings. The number of furan rings is 1. The fourth-order valence-corrected chi connectivity index (χ4v) is 8.30. The van der Waals surface area contributed by atoms with Crippen LogP contribution in [0.5, 0.6) is 0 Å². The molecule has 0 spiro atoms. The van der Waals surface area contributed by atoms with Crippen molar-refractivity contribution in [1.82, 2.24) is 0 Å². The molecular weight excluding hydrogens is 619 g/mol. The predicted octanol–water partition coefficient (Wildman–Crippen LogP) is 13.1. The largest absolute Gasteiger partial charge is 0.456 e. The minimum absolute atomic E-state index is 0.469. The van der Waals surface area contributed by atoms with Gasteiger partial charge in [0.05, 0.1) is 5.41 Å². The molecule has 0 atom stereocenters. The number of hydrogen-bond acceptors (Lipinski definition) is 2. The summed E-state index contributed by atoms with van der Waals surface area (Å²) in [6, 6.07) is 72.0. The summed E-state index contributed by atoms with van der Waals surface area (Å²) in [5, 5.41) is 2.21. The van der Waals surface area contributed by atoms with Gasteiger partial charge in [-0.05, 0) is 99.1 Å². The number of anilines is 3. The van der Waals surface area contributed by atoms with Gasteiger partial charge in [0.2, 0.25) is 0 Å². The fraction of sp³-hybridized carbons (Fsp3) is 0.0204. The molecule has 0 unspecified atom stereocenters. The Kier molecular flexibility index (Phi) is 6.75. The highest BCUT2D eigenvalue weighted by atomic mass is 16.3. The molecule has 1 aliphatic rings. The number of rotatable bonds is 6. The maximum atomic E-state index is 6.73. The summed E-state index contributed by atoms with van der Waals surface area (Å²) in [7, 11) is 0. The van der Waals surface area contributed by atoms with Crippen molar-refractivity contribution < 1.29 is 4.42 Å². The van der Waals surface area contributed by atoms with Crippen LogP contribution in [0.3, 0.4) is 0 Å². The summed E-state index contributed by atoms with van der Waals surface area (Å²) in [4.78, 5) is 2.32. The van der Waals surface area contributed by atoms with Crippen LogP contribution >= 0.6 is 0 Å². The Morgan fingerprint density at radius 1 is 0.353 bits per heavy atom. The van der Waals surface area contributed by atoms with E-state index in [4.69, 9.17) is 4.42 Å². The van der Waals surface area contributed by atoms with E-state index in [9.17, 15) is 0 Å². The lowest BCUT2D eigenvalue weighted by atomic mass is 9.67. The molecule has 0 N–H and O–H groups in total. The maximum absolute atomic E-state index is 6.73. The first kappa shape index (κ1) is 29.3. The molecule has 2 nitrogen and oxygen atoms in total. The van der Waals surface area contributed by atoms with E-state index in [0.717, 1.165) is 39.0 Å².